The van der Waals surface area contributed by atoms with Gasteiger partial charge in [-0.25, -0.2) is 0 Å². The van der Waals surface area contributed by atoms with Crippen molar-refractivity contribution in [3.05, 3.63) is 63.9 Å². The van der Waals surface area contributed by atoms with E-state index in [9.17, 15) is 15.2 Å². The number of aromatic nitrogens is 1. The Balaban J connectivity index is 1.86. The van der Waals surface area contributed by atoms with Crippen LogP contribution in [0.25, 0.3) is 10.8 Å². The first-order valence-corrected chi connectivity index (χ1v) is 9.89. The van der Waals surface area contributed by atoms with Gasteiger partial charge in [-0.1, -0.05) is 55.7 Å². The van der Waals surface area contributed by atoms with Crippen LogP contribution in [0.4, 0.5) is 11.4 Å². The fourth-order valence-electron chi connectivity index (χ4n) is 4.11. The number of pyridine rings is 1. The Hall–Kier alpha value is -3.46. The van der Waals surface area contributed by atoms with Crippen LogP contribution in [0, 0.1) is 18.3 Å². The van der Waals surface area contributed by atoms with Gasteiger partial charge in [-0.3, -0.25) is 9.36 Å². The lowest BCUT2D eigenvalue weighted by atomic mass is 9.94. The van der Waals surface area contributed by atoms with Gasteiger partial charge < -0.3 is 5.11 Å². The standard InChI is InChI=1S/C23H22N4O2/c1-15-19(14-24)22(28)27(17-10-3-2-4-11-17)23(29)21(15)26-25-20-13-7-9-16-8-5-6-12-18(16)20/h5-9,12-13,17,28H,2-4,10-11H2,1H3. The number of nitrogens with zero attached hydrogens (tertiary/aromatic N) is 4. The van der Waals surface area contributed by atoms with Gasteiger partial charge in [0, 0.05) is 17.0 Å². The van der Waals surface area contributed by atoms with E-state index in [0.717, 1.165) is 42.9 Å². The van der Waals surface area contributed by atoms with Crippen LogP contribution < -0.4 is 5.56 Å². The number of aromatic hydroxyl groups is 1. The summed E-state index contributed by atoms with van der Waals surface area (Å²) < 4.78 is 1.35. The van der Waals surface area contributed by atoms with Gasteiger partial charge in [0.05, 0.1) is 5.69 Å². The molecular formula is C23H22N4O2. The van der Waals surface area contributed by atoms with Crippen LogP contribution in [-0.2, 0) is 0 Å². The summed E-state index contributed by atoms with van der Waals surface area (Å²) in [6, 6.07) is 15.5. The van der Waals surface area contributed by atoms with Crippen LogP contribution in [0.1, 0.15) is 49.3 Å². The van der Waals surface area contributed by atoms with Crippen molar-refractivity contribution in [2.24, 2.45) is 10.2 Å². The van der Waals surface area contributed by atoms with Gasteiger partial charge in [-0.15, -0.1) is 10.2 Å². The van der Waals surface area contributed by atoms with E-state index in [1.807, 2.05) is 48.5 Å². The second kappa shape index (κ2) is 7.88. The fourth-order valence-corrected chi connectivity index (χ4v) is 4.11. The molecule has 6 heteroatoms. The first-order chi connectivity index (χ1) is 14.1. The summed E-state index contributed by atoms with van der Waals surface area (Å²) in [5, 5.41) is 30.8. The zero-order valence-electron chi connectivity index (χ0n) is 16.3. The van der Waals surface area contributed by atoms with E-state index >= 15 is 0 Å². The summed E-state index contributed by atoms with van der Waals surface area (Å²) in [4.78, 5) is 13.2. The molecule has 3 aromatic rings. The molecule has 0 amide bonds. The first kappa shape index (κ1) is 18.9. The molecule has 0 spiro atoms. The van der Waals surface area contributed by atoms with Crippen molar-refractivity contribution in [3.63, 3.8) is 0 Å². The highest BCUT2D eigenvalue weighted by Crippen LogP contribution is 2.35. The molecule has 6 nitrogen and oxygen atoms in total. The van der Waals surface area contributed by atoms with E-state index in [4.69, 9.17) is 0 Å². The predicted octanol–water partition coefficient (Wildman–Crippen LogP) is 5.81. The van der Waals surface area contributed by atoms with Gasteiger partial charge in [0.25, 0.3) is 5.56 Å². The molecule has 0 saturated heterocycles. The minimum atomic E-state index is -0.394. The lowest BCUT2D eigenvalue weighted by Crippen LogP contribution is -2.27. The van der Waals surface area contributed by atoms with E-state index in [1.54, 1.807) is 6.92 Å². The molecule has 1 N–H and O–H groups in total. The summed E-state index contributed by atoms with van der Waals surface area (Å²) in [6.45, 7) is 1.63. The van der Waals surface area contributed by atoms with Crippen LogP contribution in [0.15, 0.2) is 57.5 Å². The Labute approximate surface area is 168 Å². The highest BCUT2D eigenvalue weighted by Gasteiger charge is 2.25. The number of hydrogen-bond donors (Lipinski definition) is 1. The summed E-state index contributed by atoms with van der Waals surface area (Å²) in [5.74, 6) is -0.258. The number of hydrogen-bond acceptors (Lipinski definition) is 5. The molecule has 0 unspecified atom stereocenters. The van der Waals surface area contributed by atoms with Crippen LogP contribution >= 0.6 is 0 Å². The van der Waals surface area contributed by atoms with Crippen LogP contribution in [0.2, 0.25) is 0 Å². The monoisotopic (exact) mass is 386 g/mol. The Morgan fingerprint density at radius 1 is 1.07 bits per heavy atom. The molecule has 0 aliphatic heterocycles. The van der Waals surface area contributed by atoms with Crippen LogP contribution in [-0.4, -0.2) is 9.67 Å². The molecule has 1 aliphatic rings. The molecule has 1 aliphatic carbocycles. The SMILES string of the molecule is Cc1c(C#N)c(O)n(C2CCCCC2)c(=O)c1N=Nc1cccc2ccccc12. The van der Waals surface area contributed by atoms with Crippen LogP contribution in [0.5, 0.6) is 5.88 Å². The minimum absolute atomic E-state index is 0.0852. The lowest BCUT2D eigenvalue weighted by molar-refractivity contribution is 0.303. The molecule has 1 heterocycles. The molecular weight excluding hydrogens is 364 g/mol. The predicted molar refractivity (Wildman–Crippen MR) is 112 cm³/mol. The topological polar surface area (TPSA) is 90.7 Å². The van der Waals surface area contributed by atoms with E-state index < -0.39 is 5.56 Å². The van der Waals surface area contributed by atoms with Crippen molar-refractivity contribution >= 4 is 22.1 Å². The number of benzene rings is 2. The fraction of sp³-hybridized carbons (Fsp3) is 0.304. The molecule has 4 rings (SSSR count). The normalized spacial score (nSPS) is 15.0. The third-order valence-corrected chi connectivity index (χ3v) is 5.68. The molecule has 29 heavy (non-hydrogen) atoms. The summed E-state index contributed by atoms with van der Waals surface area (Å²) >= 11 is 0. The molecule has 2 aromatic carbocycles. The zero-order chi connectivity index (χ0) is 20.4. The maximum Gasteiger partial charge on any atom is 0.281 e. The number of rotatable bonds is 3. The van der Waals surface area contributed by atoms with E-state index in [1.165, 1.54) is 4.57 Å². The smallest absolute Gasteiger partial charge is 0.281 e. The minimum Gasteiger partial charge on any atom is -0.493 e. The van der Waals surface area contributed by atoms with Gasteiger partial charge in [-0.05, 0) is 31.2 Å². The highest BCUT2D eigenvalue weighted by atomic mass is 16.3. The second-order valence-corrected chi connectivity index (χ2v) is 7.45. The van der Waals surface area contributed by atoms with E-state index in [0.29, 0.717) is 11.3 Å². The van der Waals surface area contributed by atoms with Gasteiger partial charge in [-0.2, -0.15) is 5.26 Å². The van der Waals surface area contributed by atoms with Crippen LogP contribution in [0.3, 0.4) is 0 Å². The summed E-state index contributed by atoms with van der Waals surface area (Å²) in [5.41, 5.74) is 0.804. The summed E-state index contributed by atoms with van der Waals surface area (Å²) in [6.07, 6.45) is 4.73. The third-order valence-electron chi connectivity index (χ3n) is 5.68. The Morgan fingerprint density at radius 2 is 1.79 bits per heavy atom. The number of fused-ring (bicyclic) bond motifs is 1. The number of nitriles is 1. The summed E-state index contributed by atoms with van der Waals surface area (Å²) in [7, 11) is 0. The van der Waals surface area contributed by atoms with Crippen molar-refractivity contribution in [2.75, 3.05) is 0 Å². The molecule has 146 valence electrons. The van der Waals surface area contributed by atoms with Gasteiger partial charge in [0.1, 0.15) is 11.6 Å². The Morgan fingerprint density at radius 3 is 2.55 bits per heavy atom. The maximum atomic E-state index is 13.2. The number of azo groups is 1. The second-order valence-electron chi connectivity index (χ2n) is 7.45. The van der Waals surface area contributed by atoms with Crippen molar-refractivity contribution in [1.29, 1.82) is 5.26 Å². The Kier molecular flexibility index (Phi) is 5.13. The van der Waals surface area contributed by atoms with Crippen molar-refractivity contribution in [1.82, 2.24) is 4.57 Å². The van der Waals surface area contributed by atoms with Crippen molar-refractivity contribution in [2.45, 2.75) is 45.1 Å². The molecule has 0 bridgehead atoms. The molecule has 0 radical (unpaired) electrons. The van der Waals surface area contributed by atoms with Gasteiger partial charge in [0.15, 0.2) is 5.69 Å². The average molecular weight is 386 g/mol. The third kappa shape index (κ3) is 3.40. The molecule has 1 fully saturated rings. The van der Waals surface area contributed by atoms with Crippen molar-refractivity contribution in [3.8, 4) is 11.9 Å². The van der Waals surface area contributed by atoms with Gasteiger partial charge in [0.2, 0.25) is 5.88 Å². The van der Waals surface area contributed by atoms with E-state index in [2.05, 4.69) is 10.2 Å². The Bertz CT molecular complexity index is 1190. The molecule has 1 aromatic heterocycles. The van der Waals surface area contributed by atoms with E-state index in [-0.39, 0.29) is 23.2 Å². The zero-order valence-corrected chi connectivity index (χ0v) is 16.3. The first-order valence-electron chi connectivity index (χ1n) is 9.89. The molecule has 0 atom stereocenters. The quantitative estimate of drug-likeness (QED) is 0.576. The largest absolute Gasteiger partial charge is 0.493 e. The van der Waals surface area contributed by atoms with Gasteiger partial charge >= 0.3 is 0 Å². The average Bonchev–Trinajstić information content (AvgIpc) is 2.75. The highest BCUT2D eigenvalue weighted by molar-refractivity contribution is 5.92. The lowest BCUT2D eigenvalue weighted by Gasteiger charge is -2.25. The van der Waals surface area contributed by atoms with Crippen molar-refractivity contribution < 1.29 is 5.11 Å². The molecule has 1 saturated carbocycles. The maximum absolute atomic E-state index is 13.2.